The molecule has 0 saturated carbocycles. The van der Waals surface area contributed by atoms with Crippen LogP contribution in [0.5, 0.6) is 0 Å². The van der Waals surface area contributed by atoms with Gasteiger partial charge in [0.15, 0.2) is 0 Å². The molecule has 3 nitrogen and oxygen atoms in total. The van der Waals surface area contributed by atoms with Crippen LogP contribution < -0.4 is 0 Å². The van der Waals surface area contributed by atoms with E-state index in [9.17, 15) is 9.59 Å². The van der Waals surface area contributed by atoms with Crippen LogP contribution in [0, 0.1) is 0 Å². The Bertz CT molecular complexity index is 429. The molecule has 0 radical (unpaired) electrons. The summed E-state index contributed by atoms with van der Waals surface area (Å²) < 4.78 is 4.66. The van der Waals surface area contributed by atoms with Crippen molar-refractivity contribution in [3.8, 4) is 0 Å². The van der Waals surface area contributed by atoms with Gasteiger partial charge in [0.25, 0.3) is 5.78 Å². The quantitative estimate of drug-likeness (QED) is 0.460. The van der Waals surface area contributed by atoms with Crippen molar-refractivity contribution in [3.05, 3.63) is 28.0 Å². The number of hydrogen-bond acceptors (Lipinski definition) is 4. The Kier molecular flexibility index (Phi) is 4.43. The molecule has 1 aromatic rings. The monoisotopic (exact) mass is 238 g/mol. The van der Waals surface area contributed by atoms with E-state index in [4.69, 9.17) is 0 Å². The fraction of sp³-hybridized carbons (Fsp3) is 0.333. The molecule has 0 amide bonds. The topological polar surface area (TPSA) is 43.4 Å². The molecule has 16 heavy (non-hydrogen) atoms. The molecule has 0 bridgehead atoms. The molecule has 1 aromatic heterocycles. The third-order valence-corrected chi connectivity index (χ3v) is 3.33. The fourth-order valence-electron chi connectivity index (χ4n) is 1.11. The van der Waals surface area contributed by atoms with Crippen molar-refractivity contribution in [3.63, 3.8) is 0 Å². The number of allylic oxidation sites excluding steroid dienone is 2. The Morgan fingerprint density at radius 1 is 1.38 bits per heavy atom. The van der Waals surface area contributed by atoms with E-state index in [-0.39, 0.29) is 6.61 Å². The molecule has 0 N–H and O–H groups in total. The SMILES string of the molecule is C/C=C(\C)c1ccc(C(=O)C(=O)OCC)s1. The fourth-order valence-corrected chi connectivity index (χ4v) is 2.08. The normalized spacial score (nSPS) is 11.3. The van der Waals surface area contributed by atoms with Crippen LogP contribution in [-0.4, -0.2) is 18.4 Å². The summed E-state index contributed by atoms with van der Waals surface area (Å²) in [6.45, 7) is 5.79. The van der Waals surface area contributed by atoms with E-state index >= 15 is 0 Å². The minimum Gasteiger partial charge on any atom is -0.460 e. The van der Waals surface area contributed by atoms with Gasteiger partial charge in [0, 0.05) is 4.88 Å². The summed E-state index contributed by atoms with van der Waals surface area (Å²) in [4.78, 5) is 24.2. The maximum atomic E-state index is 11.6. The van der Waals surface area contributed by atoms with Crippen molar-refractivity contribution >= 4 is 28.7 Å². The van der Waals surface area contributed by atoms with Gasteiger partial charge in [-0.05, 0) is 38.5 Å². The predicted octanol–water partition coefficient (Wildman–Crippen LogP) is 2.92. The zero-order chi connectivity index (χ0) is 12.1. The Hall–Kier alpha value is -1.42. The van der Waals surface area contributed by atoms with Crippen LogP contribution in [0.3, 0.4) is 0 Å². The van der Waals surface area contributed by atoms with Crippen molar-refractivity contribution in [1.29, 1.82) is 0 Å². The van der Waals surface area contributed by atoms with E-state index in [1.54, 1.807) is 13.0 Å². The summed E-state index contributed by atoms with van der Waals surface area (Å²) in [6, 6.07) is 3.50. The van der Waals surface area contributed by atoms with Gasteiger partial charge in [-0.25, -0.2) is 4.79 Å². The molecule has 4 heteroatoms. The lowest BCUT2D eigenvalue weighted by molar-refractivity contribution is -0.137. The van der Waals surface area contributed by atoms with Gasteiger partial charge in [-0.3, -0.25) is 4.79 Å². The van der Waals surface area contributed by atoms with Gasteiger partial charge in [-0.1, -0.05) is 6.08 Å². The van der Waals surface area contributed by atoms with Gasteiger partial charge in [0.2, 0.25) is 0 Å². The lowest BCUT2D eigenvalue weighted by Crippen LogP contribution is -2.16. The van der Waals surface area contributed by atoms with Crippen LogP contribution in [0.4, 0.5) is 0 Å². The van der Waals surface area contributed by atoms with Gasteiger partial charge >= 0.3 is 5.97 Å². The van der Waals surface area contributed by atoms with Crippen LogP contribution in [0.25, 0.3) is 5.57 Å². The highest BCUT2D eigenvalue weighted by atomic mass is 32.1. The summed E-state index contributed by atoms with van der Waals surface area (Å²) in [7, 11) is 0. The maximum absolute atomic E-state index is 11.6. The Labute approximate surface area is 98.7 Å². The molecule has 0 aromatic carbocycles. The zero-order valence-electron chi connectivity index (χ0n) is 9.57. The molecular weight excluding hydrogens is 224 g/mol. The average Bonchev–Trinajstić information content (AvgIpc) is 2.76. The number of rotatable bonds is 4. The third-order valence-electron chi connectivity index (χ3n) is 2.11. The lowest BCUT2D eigenvalue weighted by Gasteiger charge is -1.97. The van der Waals surface area contributed by atoms with Gasteiger partial charge in [0.1, 0.15) is 0 Å². The molecule has 1 heterocycles. The van der Waals surface area contributed by atoms with Crippen LogP contribution >= 0.6 is 11.3 Å². The van der Waals surface area contributed by atoms with Gasteiger partial charge in [0.05, 0.1) is 11.5 Å². The first-order valence-corrected chi connectivity index (χ1v) is 5.86. The third kappa shape index (κ3) is 2.79. The molecule has 0 unspecified atom stereocenters. The van der Waals surface area contributed by atoms with Crippen LogP contribution in [0.1, 0.15) is 35.3 Å². The lowest BCUT2D eigenvalue weighted by atomic mass is 10.2. The first kappa shape index (κ1) is 12.6. The zero-order valence-corrected chi connectivity index (χ0v) is 10.4. The number of ether oxygens (including phenoxy) is 1. The molecule has 0 aliphatic carbocycles. The second-order valence-electron chi connectivity index (χ2n) is 3.19. The number of carbonyl (C=O) groups is 2. The number of esters is 1. The van der Waals surface area contributed by atoms with Crippen molar-refractivity contribution < 1.29 is 14.3 Å². The van der Waals surface area contributed by atoms with E-state index in [1.807, 2.05) is 26.0 Å². The molecule has 86 valence electrons. The van der Waals surface area contributed by atoms with E-state index in [1.165, 1.54) is 11.3 Å². The van der Waals surface area contributed by atoms with E-state index in [0.717, 1.165) is 10.5 Å². The standard InChI is InChI=1S/C12H14O3S/c1-4-8(3)9-6-7-10(16-9)11(13)12(14)15-5-2/h4,6-7H,5H2,1-3H3/b8-4+. The first-order chi connectivity index (χ1) is 7.60. The number of hydrogen-bond donors (Lipinski definition) is 0. The van der Waals surface area contributed by atoms with Crippen LogP contribution in [0.2, 0.25) is 0 Å². The van der Waals surface area contributed by atoms with Gasteiger partial charge in [-0.15, -0.1) is 11.3 Å². The molecule has 0 aliphatic heterocycles. The Morgan fingerprint density at radius 3 is 2.56 bits per heavy atom. The summed E-state index contributed by atoms with van der Waals surface area (Å²) in [5, 5.41) is 0. The second-order valence-corrected chi connectivity index (χ2v) is 4.27. The smallest absolute Gasteiger partial charge is 0.380 e. The first-order valence-electron chi connectivity index (χ1n) is 5.04. The Balaban J connectivity index is 2.86. The van der Waals surface area contributed by atoms with Crippen LogP contribution in [0.15, 0.2) is 18.2 Å². The molecule has 0 atom stereocenters. The van der Waals surface area contributed by atoms with Crippen molar-refractivity contribution in [2.45, 2.75) is 20.8 Å². The number of carbonyl (C=O) groups excluding carboxylic acids is 2. The predicted molar refractivity (Wildman–Crippen MR) is 64.6 cm³/mol. The second kappa shape index (κ2) is 5.61. The highest BCUT2D eigenvalue weighted by Crippen LogP contribution is 2.24. The summed E-state index contributed by atoms with van der Waals surface area (Å²) in [6.07, 6.45) is 1.96. The summed E-state index contributed by atoms with van der Waals surface area (Å²) in [5.41, 5.74) is 1.09. The minimum atomic E-state index is -0.783. The van der Waals surface area contributed by atoms with Crippen molar-refractivity contribution in [2.24, 2.45) is 0 Å². The van der Waals surface area contributed by atoms with Gasteiger partial charge in [-0.2, -0.15) is 0 Å². The highest BCUT2D eigenvalue weighted by molar-refractivity contribution is 7.15. The van der Waals surface area contributed by atoms with Crippen molar-refractivity contribution in [2.75, 3.05) is 6.61 Å². The van der Waals surface area contributed by atoms with E-state index < -0.39 is 11.8 Å². The van der Waals surface area contributed by atoms with Crippen molar-refractivity contribution in [1.82, 2.24) is 0 Å². The maximum Gasteiger partial charge on any atom is 0.380 e. The molecule has 0 spiro atoms. The molecule has 0 fully saturated rings. The van der Waals surface area contributed by atoms with Gasteiger partial charge < -0.3 is 4.74 Å². The summed E-state index contributed by atoms with van der Waals surface area (Å²) >= 11 is 1.31. The molecule has 0 saturated heterocycles. The number of thiophene rings is 1. The van der Waals surface area contributed by atoms with E-state index in [2.05, 4.69) is 4.74 Å². The van der Waals surface area contributed by atoms with Crippen LogP contribution in [-0.2, 0) is 9.53 Å². The van der Waals surface area contributed by atoms with E-state index in [0.29, 0.717) is 4.88 Å². The molecular formula is C12H14O3S. The minimum absolute atomic E-state index is 0.219. The molecule has 0 aliphatic rings. The number of ketones is 1. The summed E-state index contributed by atoms with van der Waals surface area (Å²) in [5.74, 6) is -1.35. The highest BCUT2D eigenvalue weighted by Gasteiger charge is 2.19. The largest absolute Gasteiger partial charge is 0.460 e. The molecule has 1 rings (SSSR count). The Morgan fingerprint density at radius 2 is 2.00 bits per heavy atom. The number of Topliss-reactive ketones (excluding diaryl/α,β-unsaturated/α-hetero) is 1. The average molecular weight is 238 g/mol.